The first-order chi connectivity index (χ1) is 14.6. The molecule has 31 heavy (non-hydrogen) atoms. The van der Waals surface area contributed by atoms with Gasteiger partial charge in [-0.1, -0.05) is 32.9 Å². The van der Waals surface area contributed by atoms with Crippen LogP contribution in [0, 0.1) is 0 Å². The molecule has 0 unspecified atom stereocenters. The van der Waals surface area contributed by atoms with Crippen molar-refractivity contribution in [1.82, 2.24) is 29.6 Å². The molecule has 1 aromatic carbocycles. The van der Waals surface area contributed by atoms with Gasteiger partial charge in [0.05, 0.1) is 4.90 Å². The zero-order chi connectivity index (χ0) is 22.5. The van der Waals surface area contributed by atoms with Gasteiger partial charge >= 0.3 is 0 Å². The Morgan fingerprint density at radius 1 is 1.10 bits per heavy atom. The van der Waals surface area contributed by atoms with Crippen LogP contribution in [0.25, 0.3) is 5.78 Å². The fourth-order valence-corrected chi connectivity index (χ4v) is 4.04. The average molecular weight is 445 g/mol. The lowest BCUT2D eigenvalue weighted by molar-refractivity contribution is -0.120. The van der Waals surface area contributed by atoms with E-state index in [1.807, 2.05) is 18.3 Å². The lowest BCUT2D eigenvalue weighted by Crippen LogP contribution is -2.31. The SMILES string of the molecule is CC(C)(C)c1ccc(S(=O)(=O)NCCC(=O)NCCCc2cnc3ncnn3c2)cc1. The number of sulfonamides is 1. The normalized spacial score (nSPS) is 12.2. The van der Waals surface area contributed by atoms with Crippen LogP contribution in [0.1, 0.15) is 44.7 Å². The molecule has 0 bridgehead atoms. The van der Waals surface area contributed by atoms with Gasteiger partial charge in [0, 0.05) is 31.9 Å². The van der Waals surface area contributed by atoms with Crippen molar-refractivity contribution in [2.24, 2.45) is 0 Å². The number of hydrogen-bond donors (Lipinski definition) is 2. The lowest BCUT2D eigenvalue weighted by Gasteiger charge is -2.19. The van der Waals surface area contributed by atoms with Gasteiger partial charge in [-0.25, -0.2) is 22.6 Å². The molecule has 0 radical (unpaired) electrons. The lowest BCUT2D eigenvalue weighted by atomic mass is 9.87. The smallest absolute Gasteiger partial charge is 0.252 e. The third kappa shape index (κ3) is 6.31. The maximum atomic E-state index is 12.4. The van der Waals surface area contributed by atoms with Gasteiger partial charge in [0.1, 0.15) is 6.33 Å². The van der Waals surface area contributed by atoms with Crippen molar-refractivity contribution >= 4 is 21.7 Å². The molecule has 2 heterocycles. The largest absolute Gasteiger partial charge is 0.356 e. The number of carbonyl (C=O) groups is 1. The van der Waals surface area contributed by atoms with Gasteiger partial charge in [0.15, 0.2) is 0 Å². The van der Waals surface area contributed by atoms with Crippen LogP contribution in [0.3, 0.4) is 0 Å². The zero-order valence-corrected chi connectivity index (χ0v) is 18.8. The predicted molar refractivity (Wildman–Crippen MR) is 117 cm³/mol. The minimum atomic E-state index is -3.64. The maximum absolute atomic E-state index is 12.4. The van der Waals surface area contributed by atoms with E-state index in [-0.39, 0.29) is 29.2 Å². The molecule has 0 saturated heterocycles. The highest BCUT2D eigenvalue weighted by atomic mass is 32.2. The van der Waals surface area contributed by atoms with E-state index in [0.717, 1.165) is 24.0 Å². The molecule has 2 aromatic heterocycles. The third-order valence-electron chi connectivity index (χ3n) is 4.83. The molecular formula is C21H28N6O3S. The van der Waals surface area contributed by atoms with Crippen LogP contribution < -0.4 is 10.0 Å². The van der Waals surface area contributed by atoms with E-state index in [9.17, 15) is 13.2 Å². The summed E-state index contributed by atoms with van der Waals surface area (Å²) in [5.41, 5.74) is 2.01. The van der Waals surface area contributed by atoms with Gasteiger partial charge in [-0.15, -0.1) is 0 Å². The topological polar surface area (TPSA) is 118 Å². The van der Waals surface area contributed by atoms with E-state index in [2.05, 4.69) is 45.9 Å². The van der Waals surface area contributed by atoms with Crippen LogP contribution in [0.15, 0.2) is 47.9 Å². The number of fused-ring (bicyclic) bond motifs is 1. The molecule has 0 fully saturated rings. The first-order valence-corrected chi connectivity index (χ1v) is 11.6. The number of rotatable bonds is 9. The molecule has 0 aliphatic heterocycles. The summed E-state index contributed by atoms with van der Waals surface area (Å²) in [4.78, 5) is 20.4. The Morgan fingerprint density at radius 2 is 1.84 bits per heavy atom. The molecular weight excluding hydrogens is 416 g/mol. The van der Waals surface area contributed by atoms with Gasteiger partial charge in [0.25, 0.3) is 5.78 Å². The summed E-state index contributed by atoms with van der Waals surface area (Å²) in [7, 11) is -3.64. The molecule has 1 amide bonds. The fourth-order valence-electron chi connectivity index (χ4n) is 3.01. The number of hydrogen-bond acceptors (Lipinski definition) is 6. The number of benzene rings is 1. The summed E-state index contributed by atoms with van der Waals surface area (Å²) in [6.07, 6.45) is 6.60. The number of aromatic nitrogens is 4. The molecule has 0 atom stereocenters. The Balaban J connectivity index is 1.38. The van der Waals surface area contributed by atoms with Crippen molar-refractivity contribution in [3.8, 4) is 0 Å². The minimum Gasteiger partial charge on any atom is -0.356 e. The quantitative estimate of drug-likeness (QED) is 0.486. The highest BCUT2D eigenvalue weighted by molar-refractivity contribution is 7.89. The van der Waals surface area contributed by atoms with Crippen LogP contribution in [-0.4, -0.2) is 47.0 Å². The van der Waals surface area contributed by atoms with E-state index >= 15 is 0 Å². The van der Waals surface area contributed by atoms with Crippen molar-refractivity contribution in [1.29, 1.82) is 0 Å². The molecule has 10 heteroatoms. The summed E-state index contributed by atoms with van der Waals surface area (Å²) < 4.78 is 28.9. The summed E-state index contributed by atoms with van der Waals surface area (Å²) in [6.45, 7) is 6.75. The molecule has 0 aliphatic rings. The summed E-state index contributed by atoms with van der Waals surface area (Å²) >= 11 is 0. The van der Waals surface area contributed by atoms with Crippen LogP contribution in [0.2, 0.25) is 0 Å². The monoisotopic (exact) mass is 444 g/mol. The van der Waals surface area contributed by atoms with Gasteiger partial charge in [-0.2, -0.15) is 10.1 Å². The van der Waals surface area contributed by atoms with Crippen molar-refractivity contribution in [2.45, 2.75) is 50.3 Å². The summed E-state index contributed by atoms with van der Waals surface area (Å²) in [6, 6.07) is 6.82. The summed E-state index contributed by atoms with van der Waals surface area (Å²) in [5, 5.41) is 6.85. The van der Waals surface area contributed by atoms with Crippen LogP contribution in [0.5, 0.6) is 0 Å². The Kier molecular flexibility index (Phi) is 7.01. The van der Waals surface area contributed by atoms with Crippen LogP contribution in [-0.2, 0) is 26.7 Å². The molecule has 0 aliphatic carbocycles. The van der Waals surface area contributed by atoms with Crippen molar-refractivity contribution in [3.05, 3.63) is 54.1 Å². The Labute approximate surface area is 182 Å². The van der Waals surface area contributed by atoms with Crippen molar-refractivity contribution < 1.29 is 13.2 Å². The second-order valence-electron chi connectivity index (χ2n) is 8.34. The number of nitrogens with one attached hydrogen (secondary N) is 2. The number of amides is 1. The van der Waals surface area contributed by atoms with E-state index < -0.39 is 10.0 Å². The predicted octanol–water partition coefficient (Wildman–Crippen LogP) is 1.84. The van der Waals surface area contributed by atoms with E-state index in [0.29, 0.717) is 12.3 Å². The van der Waals surface area contributed by atoms with E-state index in [1.165, 1.54) is 6.33 Å². The first-order valence-electron chi connectivity index (χ1n) is 10.2. The number of nitrogens with zero attached hydrogens (tertiary/aromatic N) is 4. The third-order valence-corrected chi connectivity index (χ3v) is 6.30. The van der Waals surface area contributed by atoms with E-state index in [4.69, 9.17) is 0 Å². The second-order valence-corrected chi connectivity index (χ2v) is 10.1. The summed E-state index contributed by atoms with van der Waals surface area (Å²) in [5.74, 6) is 0.347. The molecule has 166 valence electrons. The van der Waals surface area contributed by atoms with Crippen molar-refractivity contribution in [2.75, 3.05) is 13.1 Å². The van der Waals surface area contributed by atoms with Crippen LogP contribution >= 0.6 is 0 Å². The standard InChI is InChI=1S/C21H28N6O3S/c1-21(2,3)17-6-8-18(9-7-17)31(29,30)26-12-10-19(28)22-11-4-5-16-13-23-20-24-15-25-27(20)14-16/h6-9,13-15,26H,4-5,10-12H2,1-3H3,(H,22,28). The highest BCUT2D eigenvalue weighted by Crippen LogP contribution is 2.23. The fraction of sp³-hybridized carbons (Fsp3) is 0.429. The maximum Gasteiger partial charge on any atom is 0.252 e. The van der Waals surface area contributed by atoms with E-state index in [1.54, 1.807) is 22.8 Å². The molecule has 0 saturated carbocycles. The Hall–Kier alpha value is -2.85. The van der Waals surface area contributed by atoms with Crippen molar-refractivity contribution in [3.63, 3.8) is 0 Å². The first kappa shape index (κ1) is 22.8. The van der Waals surface area contributed by atoms with Crippen LogP contribution in [0.4, 0.5) is 0 Å². The Morgan fingerprint density at radius 3 is 2.55 bits per heavy atom. The molecule has 0 spiro atoms. The van der Waals surface area contributed by atoms with Gasteiger partial charge in [-0.3, -0.25) is 4.79 Å². The van der Waals surface area contributed by atoms with Gasteiger partial charge in [-0.05, 0) is 41.5 Å². The Bertz CT molecular complexity index is 1130. The van der Waals surface area contributed by atoms with Gasteiger partial charge < -0.3 is 5.32 Å². The molecule has 9 nitrogen and oxygen atoms in total. The molecule has 2 N–H and O–H groups in total. The van der Waals surface area contributed by atoms with Gasteiger partial charge in [0.2, 0.25) is 15.9 Å². The number of aryl methyl sites for hydroxylation is 1. The average Bonchev–Trinajstić information content (AvgIpc) is 3.18. The second kappa shape index (κ2) is 9.52. The molecule has 3 aromatic rings. The number of carbonyl (C=O) groups excluding carboxylic acids is 1. The zero-order valence-electron chi connectivity index (χ0n) is 18.0. The minimum absolute atomic E-state index is 0.0437. The molecule has 3 rings (SSSR count). The highest BCUT2D eigenvalue weighted by Gasteiger charge is 2.17.